The lowest BCUT2D eigenvalue weighted by Gasteiger charge is -2.63. The summed E-state index contributed by atoms with van der Waals surface area (Å²) in [5, 5.41) is 16.3. The Morgan fingerprint density at radius 2 is 1.68 bits per heavy atom. The van der Waals surface area contributed by atoms with Gasteiger partial charge in [0.05, 0.1) is 10.6 Å². The fourth-order valence-corrected chi connectivity index (χ4v) is 7.81. The average Bonchev–Trinajstić information content (AvgIpc) is 2.95. The molecular weight excluding hydrogens is 555 g/mol. The summed E-state index contributed by atoms with van der Waals surface area (Å²) in [5.41, 5.74) is 1.89. The van der Waals surface area contributed by atoms with Crippen molar-refractivity contribution in [3.63, 3.8) is 0 Å². The molecule has 2 heterocycles. The number of amides is 1. The molecule has 3 aliphatic rings. The molecule has 0 unspecified atom stereocenters. The molecule has 0 radical (unpaired) electrons. The monoisotopic (exact) mass is 598 g/mol. The lowest BCUT2D eigenvalue weighted by Crippen LogP contribution is -2.74. The van der Waals surface area contributed by atoms with Crippen LogP contribution in [0.1, 0.15) is 80.8 Å². The number of benzene rings is 2. The van der Waals surface area contributed by atoms with Crippen molar-refractivity contribution in [1.29, 1.82) is 5.26 Å². The van der Waals surface area contributed by atoms with Crippen LogP contribution < -0.4 is 15.4 Å². The number of carbonyl (C=O) groups is 1. The molecular formula is C33H44Cl2N4O2. The van der Waals surface area contributed by atoms with E-state index in [0.717, 1.165) is 5.92 Å². The highest BCUT2D eigenvalue weighted by molar-refractivity contribution is 6.31. The van der Waals surface area contributed by atoms with Crippen LogP contribution in [-0.4, -0.2) is 55.7 Å². The molecule has 1 aliphatic carbocycles. The SMILES string of the molecule is CC1(C)C(NC(=O)c2ccc(C3CCN(CC4CCNCC4)CC3)cc2)C(C)(C)C1Oc1ccc(C#N)c(Cl)c1.Cl. The smallest absolute Gasteiger partial charge is 0.251 e. The molecule has 41 heavy (non-hydrogen) atoms. The Bertz CT molecular complexity index is 1230. The molecule has 2 saturated heterocycles. The minimum atomic E-state index is -0.290. The summed E-state index contributed by atoms with van der Waals surface area (Å²) in [6, 6.07) is 15.4. The van der Waals surface area contributed by atoms with E-state index in [1.807, 2.05) is 12.1 Å². The Hall–Kier alpha value is -2.30. The minimum Gasteiger partial charge on any atom is -0.489 e. The largest absolute Gasteiger partial charge is 0.489 e. The van der Waals surface area contributed by atoms with Crippen LogP contribution in [0.4, 0.5) is 0 Å². The number of rotatable bonds is 7. The summed E-state index contributed by atoms with van der Waals surface area (Å²) in [5.74, 6) is 2.00. The van der Waals surface area contributed by atoms with E-state index in [2.05, 4.69) is 61.4 Å². The van der Waals surface area contributed by atoms with Crippen LogP contribution in [0.5, 0.6) is 5.75 Å². The number of nitrogens with zero attached hydrogens (tertiary/aromatic N) is 2. The molecule has 2 N–H and O–H groups in total. The van der Waals surface area contributed by atoms with Crippen molar-refractivity contribution in [2.45, 2.75) is 71.4 Å². The second kappa shape index (κ2) is 12.9. The van der Waals surface area contributed by atoms with Crippen molar-refractivity contribution in [3.05, 3.63) is 64.2 Å². The summed E-state index contributed by atoms with van der Waals surface area (Å²) in [6.45, 7) is 14.4. The summed E-state index contributed by atoms with van der Waals surface area (Å²) < 4.78 is 6.36. The van der Waals surface area contributed by atoms with Crippen LogP contribution in [0.2, 0.25) is 5.02 Å². The third-order valence-corrected chi connectivity index (χ3v) is 9.95. The van der Waals surface area contributed by atoms with Gasteiger partial charge in [-0.25, -0.2) is 0 Å². The van der Waals surface area contributed by atoms with E-state index in [1.54, 1.807) is 18.2 Å². The first kappa shape index (κ1) is 31.6. The van der Waals surface area contributed by atoms with Crippen molar-refractivity contribution in [2.24, 2.45) is 16.7 Å². The zero-order valence-electron chi connectivity index (χ0n) is 24.7. The highest BCUT2D eigenvalue weighted by Gasteiger charge is 2.64. The summed E-state index contributed by atoms with van der Waals surface area (Å²) in [6.07, 6.45) is 4.85. The fraction of sp³-hybridized carbons (Fsp3) is 0.576. The molecule has 1 saturated carbocycles. The van der Waals surface area contributed by atoms with Gasteiger partial charge in [-0.2, -0.15) is 5.26 Å². The molecule has 8 heteroatoms. The molecule has 2 aliphatic heterocycles. The van der Waals surface area contributed by atoms with E-state index in [9.17, 15) is 4.79 Å². The van der Waals surface area contributed by atoms with Gasteiger partial charge in [0.15, 0.2) is 0 Å². The number of halogens is 2. The molecule has 1 amide bonds. The highest BCUT2D eigenvalue weighted by atomic mass is 35.5. The van der Waals surface area contributed by atoms with Gasteiger partial charge in [-0.15, -0.1) is 12.4 Å². The molecule has 0 bridgehead atoms. The maximum atomic E-state index is 13.3. The zero-order valence-corrected chi connectivity index (χ0v) is 26.3. The van der Waals surface area contributed by atoms with Gasteiger partial charge in [-0.1, -0.05) is 51.4 Å². The molecule has 222 valence electrons. The van der Waals surface area contributed by atoms with Gasteiger partial charge in [0, 0.05) is 35.0 Å². The first-order valence-electron chi connectivity index (χ1n) is 14.8. The van der Waals surface area contributed by atoms with Crippen LogP contribution in [-0.2, 0) is 0 Å². The van der Waals surface area contributed by atoms with Crippen molar-refractivity contribution in [2.75, 3.05) is 32.7 Å². The fourth-order valence-electron chi connectivity index (χ4n) is 7.60. The van der Waals surface area contributed by atoms with Gasteiger partial charge in [0.1, 0.15) is 17.9 Å². The van der Waals surface area contributed by atoms with Gasteiger partial charge >= 0.3 is 0 Å². The zero-order chi connectivity index (χ0) is 28.5. The Labute approximate surface area is 256 Å². The molecule has 2 aromatic rings. The molecule has 0 atom stereocenters. The minimum absolute atomic E-state index is 0. The number of nitriles is 1. The number of piperidine rings is 2. The van der Waals surface area contributed by atoms with E-state index >= 15 is 0 Å². The lowest BCUT2D eigenvalue weighted by atomic mass is 9.49. The first-order valence-corrected chi connectivity index (χ1v) is 15.2. The maximum absolute atomic E-state index is 13.3. The molecule has 2 aromatic carbocycles. The van der Waals surface area contributed by atoms with E-state index in [-0.39, 0.29) is 41.3 Å². The summed E-state index contributed by atoms with van der Waals surface area (Å²) >= 11 is 6.22. The van der Waals surface area contributed by atoms with E-state index in [4.69, 9.17) is 21.6 Å². The van der Waals surface area contributed by atoms with Gasteiger partial charge in [-0.05, 0) is 93.5 Å². The molecule has 5 rings (SSSR count). The standard InChI is InChI=1S/C33H43ClN4O2.ClH/c1-32(2)30(33(3,4)31(32)40-27-10-9-26(20-35)28(34)19-27)37-29(39)25-7-5-23(6-8-25)24-13-17-38(18-14-24)21-22-11-15-36-16-12-22;/h5-10,19,22,24,30-31,36H,11-18,21H2,1-4H3,(H,37,39);1H. The van der Waals surface area contributed by atoms with Gasteiger partial charge in [0.25, 0.3) is 5.91 Å². The molecule has 0 aromatic heterocycles. The Kier molecular flexibility index (Phi) is 9.96. The van der Waals surface area contributed by atoms with Crippen molar-refractivity contribution in [3.8, 4) is 11.8 Å². The number of likely N-dealkylation sites (tertiary alicyclic amines) is 1. The Morgan fingerprint density at radius 1 is 1.05 bits per heavy atom. The number of ether oxygens (including phenoxy) is 1. The second-order valence-electron chi connectivity index (χ2n) is 13.2. The van der Waals surface area contributed by atoms with Gasteiger partial charge in [0.2, 0.25) is 0 Å². The molecule has 0 spiro atoms. The van der Waals surface area contributed by atoms with Gasteiger partial charge in [-0.3, -0.25) is 4.79 Å². The molecule has 3 fully saturated rings. The number of hydrogen-bond acceptors (Lipinski definition) is 5. The van der Waals surface area contributed by atoms with Gasteiger partial charge < -0.3 is 20.3 Å². The number of nitrogens with one attached hydrogen (secondary N) is 2. The summed E-state index contributed by atoms with van der Waals surface area (Å²) in [7, 11) is 0. The highest BCUT2D eigenvalue weighted by Crippen LogP contribution is 2.55. The normalized spacial score (nSPS) is 24.4. The average molecular weight is 600 g/mol. The third-order valence-electron chi connectivity index (χ3n) is 9.64. The first-order chi connectivity index (χ1) is 19.1. The third kappa shape index (κ3) is 6.70. The van der Waals surface area contributed by atoms with E-state index < -0.39 is 0 Å². The van der Waals surface area contributed by atoms with Crippen LogP contribution in [0.25, 0.3) is 0 Å². The maximum Gasteiger partial charge on any atom is 0.251 e. The molecule has 6 nitrogen and oxygen atoms in total. The van der Waals surface area contributed by atoms with Crippen molar-refractivity contribution < 1.29 is 9.53 Å². The number of carbonyl (C=O) groups excluding carboxylic acids is 1. The van der Waals surface area contributed by atoms with Crippen LogP contribution in [0.15, 0.2) is 42.5 Å². The topological polar surface area (TPSA) is 77.4 Å². The van der Waals surface area contributed by atoms with Crippen molar-refractivity contribution >= 4 is 29.9 Å². The van der Waals surface area contributed by atoms with Crippen molar-refractivity contribution in [1.82, 2.24) is 15.5 Å². The predicted molar refractivity (Wildman–Crippen MR) is 167 cm³/mol. The van der Waals surface area contributed by atoms with Crippen LogP contribution in [0, 0.1) is 28.1 Å². The Morgan fingerprint density at radius 3 is 2.27 bits per heavy atom. The number of hydrogen-bond donors (Lipinski definition) is 2. The summed E-state index contributed by atoms with van der Waals surface area (Å²) in [4.78, 5) is 16.0. The lowest BCUT2D eigenvalue weighted by molar-refractivity contribution is -0.164. The predicted octanol–water partition coefficient (Wildman–Crippen LogP) is 6.42. The Balaban J connectivity index is 0.00000387. The quantitative estimate of drug-likeness (QED) is 0.384. The van der Waals surface area contributed by atoms with E-state index in [0.29, 0.717) is 27.8 Å². The second-order valence-corrected chi connectivity index (χ2v) is 13.6. The van der Waals surface area contributed by atoms with Crippen LogP contribution >= 0.6 is 24.0 Å². The van der Waals surface area contributed by atoms with Crippen LogP contribution in [0.3, 0.4) is 0 Å². The van der Waals surface area contributed by atoms with E-state index in [1.165, 1.54) is 64.0 Å².